The predicted molar refractivity (Wildman–Crippen MR) is 89.1 cm³/mol. The maximum atomic E-state index is 14.1. The molecule has 0 saturated carbocycles. The number of nitrogens with zero attached hydrogens (tertiary/aromatic N) is 1. The van der Waals surface area contributed by atoms with Crippen LogP contribution in [-0.4, -0.2) is 11.1 Å². The van der Waals surface area contributed by atoms with E-state index in [2.05, 4.69) is 16.0 Å². The summed E-state index contributed by atoms with van der Waals surface area (Å²) in [6, 6.07) is 9.92. The Morgan fingerprint density at radius 2 is 1.84 bits per heavy atom. The smallest absolute Gasteiger partial charge is 0.275 e. The number of para-hydroxylation sites is 1. The number of halogens is 3. The van der Waals surface area contributed by atoms with E-state index in [4.69, 9.17) is 16.1 Å². The van der Waals surface area contributed by atoms with E-state index in [1.807, 2.05) is 0 Å². The molecule has 8 heteroatoms. The zero-order valence-electron chi connectivity index (χ0n) is 12.9. The van der Waals surface area contributed by atoms with Gasteiger partial charge in [0.2, 0.25) is 0 Å². The third-order valence-electron chi connectivity index (χ3n) is 3.47. The Morgan fingerprint density at radius 3 is 2.56 bits per heavy atom. The standard InChI is InChI=1S/C17H12ClF2N3O2/c1-9-14(17(24)22-21-13-8-3-2-6-11(13)19)16(23-25-9)15-10(18)5-4-7-12(15)20/h2-8,21H,1H3,(H,22,24). The van der Waals surface area contributed by atoms with Gasteiger partial charge in [-0.1, -0.05) is 35.0 Å². The van der Waals surface area contributed by atoms with Crippen molar-refractivity contribution in [3.63, 3.8) is 0 Å². The van der Waals surface area contributed by atoms with Gasteiger partial charge in [0, 0.05) is 0 Å². The highest BCUT2D eigenvalue weighted by Crippen LogP contribution is 2.33. The number of carbonyl (C=O) groups excluding carboxylic acids is 1. The van der Waals surface area contributed by atoms with Crippen LogP contribution in [0.1, 0.15) is 16.1 Å². The second-order valence-electron chi connectivity index (χ2n) is 5.12. The van der Waals surface area contributed by atoms with Crippen molar-refractivity contribution in [3.05, 3.63) is 70.4 Å². The van der Waals surface area contributed by atoms with E-state index >= 15 is 0 Å². The topological polar surface area (TPSA) is 67.2 Å². The van der Waals surface area contributed by atoms with Gasteiger partial charge in [-0.3, -0.25) is 15.6 Å². The Hall–Kier alpha value is -2.93. The van der Waals surface area contributed by atoms with Gasteiger partial charge in [-0.25, -0.2) is 8.78 Å². The van der Waals surface area contributed by atoms with E-state index < -0.39 is 17.5 Å². The molecule has 1 heterocycles. The number of hydrogen-bond acceptors (Lipinski definition) is 4. The van der Waals surface area contributed by atoms with E-state index in [1.165, 1.54) is 43.3 Å². The zero-order chi connectivity index (χ0) is 18.0. The first kappa shape index (κ1) is 16.9. The summed E-state index contributed by atoms with van der Waals surface area (Å²) in [4.78, 5) is 12.5. The van der Waals surface area contributed by atoms with Gasteiger partial charge in [-0.15, -0.1) is 0 Å². The minimum absolute atomic E-state index is 0.00385. The lowest BCUT2D eigenvalue weighted by atomic mass is 10.1. The molecule has 1 aromatic heterocycles. The van der Waals surface area contributed by atoms with Gasteiger partial charge in [-0.2, -0.15) is 0 Å². The van der Waals surface area contributed by atoms with Crippen molar-refractivity contribution in [1.29, 1.82) is 0 Å². The first-order chi connectivity index (χ1) is 12.0. The van der Waals surface area contributed by atoms with Gasteiger partial charge in [0.05, 0.1) is 16.3 Å². The number of nitrogens with one attached hydrogen (secondary N) is 2. The molecule has 1 amide bonds. The quantitative estimate of drug-likeness (QED) is 0.677. The lowest BCUT2D eigenvalue weighted by Gasteiger charge is -2.10. The number of aromatic nitrogens is 1. The number of rotatable bonds is 4. The number of aryl methyl sites for hydroxylation is 1. The molecule has 3 aromatic rings. The van der Waals surface area contributed by atoms with E-state index in [9.17, 15) is 13.6 Å². The molecular formula is C17H12ClF2N3O2. The van der Waals surface area contributed by atoms with Gasteiger partial charge < -0.3 is 4.52 Å². The maximum absolute atomic E-state index is 14.1. The largest absolute Gasteiger partial charge is 0.360 e. The number of anilines is 1. The summed E-state index contributed by atoms with van der Waals surface area (Å²) >= 11 is 6.03. The van der Waals surface area contributed by atoms with Gasteiger partial charge in [0.25, 0.3) is 5.91 Å². The molecule has 25 heavy (non-hydrogen) atoms. The second kappa shape index (κ2) is 6.90. The van der Waals surface area contributed by atoms with E-state index in [-0.39, 0.29) is 33.3 Å². The summed E-state index contributed by atoms with van der Waals surface area (Å²) in [5.74, 6) is -1.68. The summed E-state index contributed by atoms with van der Waals surface area (Å²) in [7, 11) is 0. The van der Waals surface area contributed by atoms with E-state index in [1.54, 1.807) is 6.07 Å². The van der Waals surface area contributed by atoms with Crippen molar-refractivity contribution in [3.8, 4) is 11.3 Å². The molecular weight excluding hydrogens is 352 g/mol. The summed E-state index contributed by atoms with van der Waals surface area (Å²) in [6.07, 6.45) is 0. The molecule has 0 aliphatic rings. The summed E-state index contributed by atoms with van der Waals surface area (Å²) in [5, 5.41) is 3.83. The second-order valence-corrected chi connectivity index (χ2v) is 5.53. The Balaban J connectivity index is 1.92. The van der Waals surface area contributed by atoms with Gasteiger partial charge in [0.1, 0.15) is 28.7 Å². The highest BCUT2D eigenvalue weighted by Gasteiger charge is 2.25. The lowest BCUT2D eigenvalue weighted by molar-refractivity contribution is 0.0961. The van der Waals surface area contributed by atoms with Crippen LogP contribution in [0.15, 0.2) is 47.0 Å². The van der Waals surface area contributed by atoms with Crippen molar-refractivity contribution < 1.29 is 18.1 Å². The minimum Gasteiger partial charge on any atom is -0.360 e. The fraction of sp³-hybridized carbons (Fsp3) is 0.0588. The van der Waals surface area contributed by atoms with Crippen LogP contribution in [0, 0.1) is 18.6 Å². The molecule has 0 spiro atoms. The molecule has 3 rings (SSSR count). The maximum Gasteiger partial charge on any atom is 0.275 e. The summed E-state index contributed by atoms with van der Waals surface area (Å²) in [6.45, 7) is 1.50. The molecule has 2 aromatic carbocycles. The molecule has 2 N–H and O–H groups in total. The fourth-order valence-corrected chi connectivity index (χ4v) is 2.54. The predicted octanol–water partition coefficient (Wildman–Crippen LogP) is 4.34. The Morgan fingerprint density at radius 1 is 1.12 bits per heavy atom. The van der Waals surface area contributed by atoms with Crippen molar-refractivity contribution in [2.75, 3.05) is 5.43 Å². The molecule has 0 unspecified atom stereocenters. The molecule has 0 bridgehead atoms. The molecule has 0 aliphatic heterocycles. The van der Waals surface area contributed by atoms with Crippen molar-refractivity contribution >= 4 is 23.2 Å². The highest BCUT2D eigenvalue weighted by atomic mass is 35.5. The van der Waals surface area contributed by atoms with Gasteiger partial charge >= 0.3 is 0 Å². The van der Waals surface area contributed by atoms with Crippen LogP contribution in [0.2, 0.25) is 5.02 Å². The van der Waals surface area contributed by atoms with E-state index in [0.29, 0.717) is 0 Å². The number of carbonyl (C=O) groups is 1. The molecule has 0 saturated heterocycles. The minimum atomic E-state index is -0.670. The van der Waals surface area contributed by atoms with Crippen molar-refractivity contribution in [1.82, 2.24) is 10.6 Å². The lowest BCUT2D eigenvalue weighted by Crippen LogP contribution is -2.30. The SMILES string of the molecule is Cc1onc(-c2c(F)cccc2Cl)c1C(=O)NNc1ccccc1F. The third-order valence-corrected chi connectivity index (χ3v) is 3.79. The molecule has 0 aliphatic carbocycles. The van der Waals surface area contributed by atoms with E-state index in [0.717, 1.165) is 0 Å². The van der Waals surface area contributed by atoms with Crippen molar-refractivity contribution in [2.24, 2.45) is 0 Å². The third kappa shape index (κ3) is 3.32. The number of amides is 1. The summed E-state index contributed by atoms with van der Waals surface area (Å²) < 4.78 is 32.7. The average Bonchev–Trinajstić information content (AvgIpc) is 2.95. The Kier molecular flexibility index (Phi) is 4.67. The monoisotopic (exact) mass is 363 g/mol. The van der Waals surface area contributed by atoms with Crippen LogP contribution in [-0.2, 0) is 0 Å². The number of hydrazine groups is 1. The Labute approximate surface area is 146 Å². The van der Waals surface area contributed by atoms with Crippen molar-refractivity contribution in [2.45, 2.75) is 6.92 Å². The van der Waals surface area contributed by atoms with Crippen LogP contribution in [0.3, 0.4) is 0 Å². The number of hydrogen-bond donors (Lipinski definition) is 2. The summed E-state index contributed by atoms with van der Waals surface area (Å²) in [5.41, 5.74) is 4.80. The molecule has 0 fully saturated rings. The number of benzene rings is 2. The van der Waals surface area contributed by atoms with Crippen LogP contribution in [0.5, 0.6) is 0 Å². The zero-order valence-corrected chi connectivity index (χ0v) is 13.7. The molecule has 0 radical (unpaired) electrons. The first-order valence-electron chi connectivity index (χ1n) is 7.20. The molecule has 0 atom stereocenters. The highest BCUT2D eigenvalue weighted by molar-refractivity contribution is 6.33. The molecule has 5 nitrogen and oxygen atoms in total. The first-order valence-corrected chi connectivity index (χ1v) is 7.58. The van der Waals surface area contributed by atoms with Crippen LogP contribution in [0.4, 0.5) is 14.5 Å². The fourth-order valence-electron chi connectivity index (χ4n) is 2.28. The van der Waals surface area contributed by atoms with Crippen LogP contribution in [0.25, 0.3) is 11.3 Å². The normalized spacial score (nSPS) is 10.6. The Bertz CT molecular complexity index is 923. The average molecular weight is 364 g/mol. The van der Waals surface area contributed by atoms with Gasteiger partial charge in [-0.05, 0) is 31.2 Å². The van der Waals surface area contributed by atoms with Crippen LogP contribution < -0.4 is 10.9 Å². The van der Waals surface area contributed by atoms with Gasteiger partial charge in [0.15, 0.2) is 0 Å². The molecule has 128 valence electrons. The van der Waals surface area contributed by atoms with Crippen LogP contribution >= 0.6 is 11.6 Å².